The van der Waals surface area contributed by atoms with E-state index in [-0.39, 0.29) is 11.9 Å². The molecule has 0 spiro atoms. The van der Waals surface area contributed by atoms with Gasteiger partial charge in [-0.25, -0.2) is 0 Å². The van der Waals surface area contributed by atoms with Gasteiger partial charge < -0.3 is 5.32 Å². The Morgan fingerprint density at radius 1 is 1.25 bits per heavy atom. The van der Waals surface area contributed by atoms with Crippen molar-refractivity contribution in [3.05, 3.63) is 60.0 Å². The number of aromatic amines is 1. The summed E-state index contributed by atoms with van der Waals surface area (Å²) in [6.07, 6.45) is 5.14. The molecule has 5 nitrogen and oxygen atoms in total. The van der Waals surface area contributed by atoms with E-state index >= 15 is 0 Å². The molecule has 0 aliphatic heterocycles. The summed E-state index contributed by atoms with van der Waals surface area (Å²) in [5.41, 5.74) is 2.37. The minimum Gasteiger partial charge on any atom is -0.345 e. The molecule has 2 aromatic heterocycles. The van der Waals surface area contributed by atoms with Gasteiger partial charge in [0, 0.05) is 17.8 Å². The third-order valence-corrected chi connectivity index (χ3v) is 3.28. The van der Waals surface area contributed by atoms with Gasteiger partial charge in [-0.15, -0.1) is 0 Å². The second-order valence-corrected chi connectivity index (χ2v) is 4.62. The standard InChI is InChI=1S/C15H14N4O/c1-10(11-5-7-16-8-6-11)18-15(20)13-4-2-3-12-9-17-19-14(12)13/h2-10H,1H3,(H,17,19)(H,18,20)/t10-/m1/s1. The third kappa shape index (κ3) is 2.25. The number of benzene rings is 1. The number of rotatable bonds is 3. The van der Waals surface area contributed by atoms with Crippen molar-refractivity contribution >= 4 is 16.8 Å². The quantitative estimate of drug-likeness (QED) is 0.765. The number of aromatic nitrogens is 3. The number of para-hydroxylation sites is 1. The van der Waals surface area contributed by atoms with Crippen molar-refractivity contribution in [2.45, 2.75) is 13.0 Å². The van der Waals surface area contributed by atoms with Crippen molar-refractivity contribution in [3.8, 4) is 0 Å². The molecule has 2 N–H and O–H groups in total. The smallest absolute Gasteiger partial charge is 0.253 e. The Morgan fingerprint density at radius 3 is 2.85 bits per heavy atom. The summed E-state index contributed by atoms with van der Waals surface area (Å²) < 4.78 is 0. The van der Waals surface area contributed by atoms with E-state index in [2.05, 4.69) is 20.5 Å². The van der Waals surface area contributed by atoms with E-state index in [1.54, 1.807) is 24.7 Å². The summed E-state index contributed by atoms with van der Waals surface area (Å²) >= 11 is 0. The molecule has 3 rings (SSSR count). The van der Waals surface area contributed by atoms with E-state index in [9.17, 15) is 4.79 Å². The van der Waals surface area contributed by atoms with Crippen molar-refractivity contribution in [2.24, 2.45) is 0 Å². The van der Waals surface area contributed by atoms with Gasteiger partial charge >= 0.3 is 0 Å². The first-order valence-corrected chi connectivity index (χ1v) is 6.38. The summed E-state index contributed by atoms with van der Waals surface area (Å²) in [7, 11) is 0. The molecule has 100 valence electrons. The van der Waals surface area contributed by atoms with Crippen LogP contribution in [0.3, 0.4) is 0 Å². The molecule has 1 amide bonds. The average Bonchev–Trinajstić information content (AvgIpc) is 2.96. The fourth-order valence-corrected chi connectivity index (χ4v) is 2.17. The molecule has 0 aliphatic carbocycles. The molecule has 0 unspecified atom stereocenters. The molecule has 0 fully saturated rings. The molecular formula is C15H14N4O. The van der Waals surface area contributed by atoms with Crippen LogP contribution >= 0.6 is 0 Å². The van der Waals surface area contributed by atoms with Crippen LogP contribution in [0.15, 0.2) is 48.9 Å². The van der Waals surface area contributed by atoms with Crippen LogP contribution in [0.2, 0.25) is 0 Å². The molecular weight excluding hydrogens is 252 g/mol. The Labute approximate surface area is 116 Å². The Kier molecular flexibility index (Phi) is 3.16. The second kappa shape index (κ2) is 5.13. The maximum Gasteiger partial charge on any atom is 0.253 e. The van der Waals surface area contributed by atoms with E-state index in [0.29, 0.717) is 5.56 Å². The summed E-state index contributed by atoms with van der Waals surface area (Å²) in [5.74, 6) is -0.121. The monoisotopic (exact) mass is 266 g/mol. The third-order valence-electron chi connectivity index (χ3n) is 3.28. The predicted octanol–water partition coefficient (Wildman–Crippen LogP) is 2.45. The molecule has 0 saturated heterocycles. The number of fused-ring (bicyclic) bond motifs is 1. The number of carbonyl (C=O) groups is 1. The van der Waals surface area contributed by atoms with E-state index in [0.717, 1.165) is 16.5 Å². The Bertz CT molecular complexity index is 736. The zero-order valence-corrected chi connectivity index (χ0v) is 11.0. The van der Waals surface area contributed by atoms with Gasteiger partial charge in [0.15, 0.2) is 0 Å². The van der Waals surface area contributed by atoms with E-state index in [4.69, 9.17) is 0 Å². The van der Waals surface area contributed by atoms with Crippen molar-refractivity contribution in [1.29, 1.82) is 0 Å². The summed E-state index contributed by atoms with van der Waals surface area (Å²) in [6.45, 7) is 1.94. The molecule has 3 aromatic rings. The normalized spacial score (nSPS) is 12.2. The van der Waals surface area contributed by atoms with Crippen LogP contribution < -0.4 is 5.32 Å². The van der Waals surface area contributed by atoms with Gasteiger partial charge in [-0.3, -0.25) is 14.9 Å². The molecule has 0 bridgehead atoms. The Morgan fingerprint density at radius 2 is 2.05 bits per heavy atom. The highest BCUT2D eigenvalue weighted by Crippen LogP contribution is 2.17. The first-order chi connectivity index (χ1) is 9.75. The molecule has 2 heterocycles. The summed E-state index contributed by atoms with van der Waals surface area (Å²) in [4.78, 5) is 16.3. The molecule has 20 heavy (non-hydrogen) atoms. The van der Waals surface area contributed by atoms with Crippen molar-refractivity contribution in [1.82, 2.24) is 20.5 Å². The second-order valence-electron chi connectivity index (χ2n) is 4.62. The number of amides is 1. The largest absolute Gasteiger partial charge is 0.345 e. The van der Waals surface area contributed by atoms with Crippen molar-refractivity contribution in [2.75, 3.05) is 0 Å². The van der Waals surface area contributed by atoms with Gasteiger partial charge in [-0.1, -0.05) is 12.1 Å². The molecule has 0 saturated carbocycles. The zero-order valence-electron chi connectivity index (χ0n) is 11.0. The van der Waals surface area contributed by atoms with Gasteiger partial charge in [0.2, 0.25) is 0 Å². The minimum atomic E-state index is -0.121. The van der Waals surface area contributed by atoms with Crippen LogP contribution in [-0.2, 0) is 0 Å². The lowest BCUT2D eigenvalue weighted by atomic mass is 10.1. The van der Waals surface area contributed by atoms with E-state index in [1.165, 1.54) is 0 Å². The van der Waals surface area contributed by atoms with Crippen LogP contribution in [0.1, 0.15) is 28.9 Å². The highest BCUT2D eigenvalue weighted by Gasteiger charge is 2.14. The highest BCUT2D eigenvalue weighted by atomic mass is 16.1. The lowest BCUT2D eigenvalue weighted by molar-refractivity contribution is 0.0941. The van der Waals surface area contributed by atoms with Gasteiger partial charge in [-0.05, 0) is 30.7 Å². The Balaban J connectivity index is 1.85. The molecule has 1 atom stereocenters. The SMILES string of the molecule is C[C@@H](NC(=O)c1cccc2cn[nH]c12)c1ccncc1. The lowest BCUT2D eigenvalue weighted by Gasteiger charge is -2.14. The van der Waals surface area contributed by atoms with Crippen LogP contribution in [0.4, 0.5) is 0 Å². The number of H-pyrrole nitrogens is 1. The number of pyridine rings is 1. The highest BCUT2D eigenvalue weighted by molar-refractivity contribution is 6.05. The van der Waals surface area contributed by atoms with Crippen LogP contribution in [0, 0.1) is 0 Å². The average molecular weight is 266 g/mol. The van der Waals surface area contributed by atoms with Crippen LogP contribution in [0.5, 0.6) is 0 Å². The number of hydrogen-bond donors (Lipinski definition) is 2. The van der Waals surface area contributed by atoms with Crippen molar-refractivity contribution in [3.63, 3.8) is 0 Å². The number of nitrogens with zero attached hydrogens (tertiary/aromatic N) is 2. The van der Waals surface area contributed by atoms with Gasteiger partial charge in [-0.2, -0.15) is 5.10 Å². The molecule has 1 aromatic carbocycles. The molecule has 0 aliphatic rings. The number of carbonyl (C=O) groups excluding carboxylic acids is 1. The van der Waals surface area contributed by atoms with Crippen LogP contribution in [-0.4, -0.2) is 21.1 Å². The fourth-order valence-electron chi connectivity index (χ4n) is 2.17. The number of hydrogen-bond acceptors (Lipinski definition) is 3. The summed E-state index contributed by atoms with van der Waals surface area (Å²) in [6, 6.07) is 9.26. The predicted molar refractivity (Wildman–Crippen MR) is 76.2 cm³/mol. The molecule has 5 heteroatoms. The van der Waals surface area contributed by atoms with Gasteiger partial charge in [0.25, 0.3) is 5.91 Å². The Hall–Kier alpha value is -2.69. The number of nitrogens with one attached hydrogen (secondary N) is 2. The zero-order chi connectivity index (χ0) is 13.9. The topological polar surface area (TPSA) is 70.7 Å². The molecule has 0 radical (unpaired) electrons. The van der Waals surface area contributed by atoms with Crippen molar-refractivity contribution < 1.29 is 4.79 Å². The summed E-state index contributed by atoms with van der Waals surface area (Å²) in [5, 5.41) is 10.7. The van der Waals surface area contributed by atoms with E-state index in [1.807, 2.05) is 31.2 Å². The lowest BCUT2D eigenvalue weighted by Crippen LogP contribution is -2.26. The maximum atomic E-state index is 12.4. The fraction of sp³-hybridized carbons (Fsp3) is 0.133. The van der Waals surface area contributed by atoms with Gasteiger partial charge in [0.05, 0.1) is 23.3 Å². The minimum absolute atomic E-state index is 0.0799. The first-order valence-electron chi connectivity index (χ1n) is 6.38. The van der Waals surface area contributed by atoms with E-state index < -0.39 is 0 Å². The van der Waals surface area contributed by atoms with Crippen LogP contribution in [0.25, 0.3) is 10.9 Å². The first kappa shape index (κ1) is 12.3. The van der Waals surface area contributed by atoms with Gasteiger partial charge in [0.1, 0.15) is 0 Å². The maximum absolute atomic E-state index is 12.4.